The van der Waals surface area contributed by atoms with E-state index in [0.29, 0.717) is 78.1 Å². The third-order valence-electron chi connectivity index (χ3n) is 7.82. The molecule has 0 saturated carbocycles. The lowest BCUT2D eigenvalue weighted by Crippen LogP contribution is -2.58. The number of hydrogen-bond donors (Lipinski definition) is 3. The second-order valence-corrected chi connectivity index (χ2v) is 11.4. The van der Waals surface area contributed by atoms with Crippen molar-refractivity contribution >= 4 is 79.1 Å². The van der Waals surface area contributed by atoms with Gasteiger partial charge < -0.3 is 16.4 Å². The van der Waals surface area contributed by atoms with Crippen molar-refractivity contribution in [2.75, 3.05) is 0 Å². The summed E-state index contributed by atoms with van der Waals surface area (Å²) in [6.07, 6.45) is 1.08. The summed E-state index contributed by atoms with van der Waals surface area (Å²) in [4.78, 5) is 45.9. The standard InChI is InChI=1S/C33H29Cl2N7O2/c1-3-21(41-32(43)17-9-5-13-23-28(17)37-25-15-7-11-19(34)30(25)39-23)27(36)22(4-2)42-33(44)18-10-6-14-24-29(18)38-26-16-8-12-20(35)31(26)40-24/h5-16,21-22,27H,3-4,36H2,1-2H3,(H,41,43)(H,42,44). The molecule has 4 N–H and O–H groups in total. The number of halogens is 2. The van der Waals surface area contributed by atoms with Crippen LogP contribution in [-0.2, 0) is 0 Å². The van der Waals surface area contributed by atoms with Crippen LogP contribution in [0, 0.1) is 0 Å². The van der Waals surface area contributed by atoms with Crippen molar-refractivity contribution in [3.8, 4) is 0 Å². The van der Waals surface area contributed by atoms with Gasteiger partial charge in [0.05, 0.1) is 43.2 Å². The van der Waals surface area contributed by atoms with E-state index < -0.39 is 18.1 Å². The average molecular weight is 627 g/mol. The number of nitrogens with two attached hydrogens (primary N) is 1. The first kappa shape index (κ1) is 29.6. The highest BCUT2D eigenvalue weighted by Crippen LogP contribution is 2.26. The van der Waals surface area contributed by atoms with E-state index in [1.165, 1.54) is 0 Å². The highest BCUT2D eigenvalue weighted by atomic mass is 35.5. The van der Waals surface area contributed by atoms with Crippen LogP contribution >= 0.6 is 23.2 Å². The Morgan fingerprint density at radius 2 is 0.955 bits per heavy atom. The molecule has 4 aromatic carbocycles. The predicted molar refractivity (Wildman–Crippen MR) is 175 cm³/mol. The SMILES string of the molecule is CCC(NC(=O)c1cccc2nc3c(Cl)cccc3nc12)C(N)C(CC)NC(=O)c1cccc2nc3c(Cl)cccc3nc12. The van der Waals surface area contributed by atoms with E-state index >= 15 is 0 Å². The van der Waals surface area contributed by atoms with Crippen molar-refractivity contribution in [1.29, 1.82) is 0 Å². The van der Waals surface area contributed by atoms with Crippen LogP contribution in [0.4, 0.5) is 0 Å². The summed E-state index contributed by atoms with van der Waals surface area (Å²) in [5, 5.41) is 7.13. The average Bonchev–Trinajstić information content (AvgIpc) is 3.04. The lowest BCUT2D eigenvalue weighted by molar-refractivity contribution is 0.0909. The maximum absolute atomic E-state index is 13.6. The second-order valence-electron chi connectivity index (χ2n) is 10.6. The predicted octanol–water partition coefficient (Wildman–Crippen LogP) is 6.23. The zero-order chi connectivity index (χ0) is 31.0. The number of hydrogen-bond acceptors (Lipinski definition) is 7. The quantitative estimate of drug-likeness (QED) is 0.171. The first-order valence-electron chi connectivity index (χ1n) is 14.4. The summed E-state index contributed by atoms with van der Waals surface area (Å²) in [7, 11) is 0. The molecule has 0 aliphatic carbocycles. The van der Waals surface area contributed by atoms with Crippen molar-refractivity contribution in [2.24, 2.45) is 5.73 Å². The lowest BCUT2D eigenvalue weighted by atomic mass is 9.95. The molecule has 2 heterocycles. The first-order valence-corrected chi connectivity index (χ1v) is 15.1. The number of nitrogens with zero attached hydrogens (tertiary/aromatic N) is 4. The summed E-state index contributed by atoms with van der Waals surface area (Å²) in [6.45, 7) is 3.88. The molecule has 0 spiro atoms. The van der Waals surface area contributed by atoms with Gasteiger partial charge >= 0.3 is 0 Å². The first-order chi connectivity index (χ1) is 21.3. The van der Waals surface area contributed by atoms with Crippen molar-refractivity contribution in [2.45, 2.75) is 44.8 Å². The Morgan fingerprint density at radius 3 is 1.34 bits per heavy atom. The molecule has 2 aromatic heterocycles. The van der Waals surface area contributed by atoms with Crippen LogP contribution in [0.1, 0.15) is 47.4 Å². The van der Waals surface area contributed by atoms with Crippen LogP contribution in [0.5, 0.6) is 0 Å². The molecule has 2 amide bonds. The normalized spacial score (nSPS) is 13.7. The molecule has 0 aliphatic heterocycles. The van der Waals surface area contributed by atoms with Gasteiger partial charge in [0.1, 0.15) is 22.1 Å². The zero-order valence-corrected chi connectivity index (χ0v) is 25.5. The van der Waals surface area contributed by atoms with Crippen molar-refractivity contribution in [3.63, 3.8) is 0 Å². The summed E-state index contributed by atoms with van der Waals surface area (Å²) >= 11 is 12.6. The van der Waals surface area contributed by atoms with E-state index in [2.05, 4.69) is 20.6 Å². The number of carbonyl (C=O) groups is 2. The van der Waals surface area contributed by atoms with Gasteiger partial charge in [-0.05, 0) is 61.4 Å². The largest absolute Gasteiger partial charge is 0.348 e. The molecule has 0 fully saturated rings. The van der Waals surface area contributed by atoms with Crippen LogP contribution in [0.3, 0.4) is 0 Å². The van der Waals surface area contributed by atoms with Crippen LogP contribution in [0.15, 0.2) is 72.8 Å². The third-order valence-corrected chi connectivity index (χ3v) is 8.43. The van der Waals surface area contributed by atoms with Gasteiger partial charge in [-0.3, -0.25) is 9.59 Å². The maximum atomic E-state index is 13.6. The van der Waals surface area contributed by atoms with Crippen LogP contribution in [0.2, 0.25) is 10.0 Å². The molecular weight excluding hydrogens is 597 g/mol. The maximum Gasteiger partial charge on any atom is 0.253 e. The Kier molecular flexibility index (Phi) is 8.27. The molecule has 11 heteroatoms. The van der Waals surface area contributed by atoms with E-state index in [0.717, 1.165) is 0 Å². The third kappa shape index (κ3) is 5.50. The molecule has 0 bridgehead atoms. The highest BCUT2D eigenvalue weighted by molar-refractivity contribution is 6.35. The molecule has 0 saturated heterocycles. The molecule has 6 aromatic rings. The van der Waals surface area contributed by atoms with Gasteiger partial charge in [0.15, 0.2) is 0 Å². The van der Waals surface area contributed by atoms with Crippen molar-refractivity contribution in [3.05, 3.63) is 94.0 Å². The van der Waals surface area contributed by atoms with Gasteiger partial charge in [0.25, 0.3) is 11.8 Å². The molecule has 0 radical (unpaired) electrons. The molecular formula is C33H29Cl2N7O2. The van der Waals surface area contributed by atoms with Crippen LogP contribution < -0.4 is 16.4 Å². The Morgan fingerprint density at radius 1 is 0.614 bits per heavy atom. The Balaban J connectivity index is 1.24. The molecule has 0 aliphatic rings. The molecule has 9 nitrogen and oxygen atoms in total. The van der Waals surface area contributed by atoms with E-state index in [9.17, 15) is 9.59 Å². The Labute approximate surface area is 263 Å². The summed E-state index contributed by atoms with van der Waals surface area (Å²) in [5.41, 5.74) is 11.9. The van der Waals surface area contributed by atoms with Gasteiger partial charge in [0.2, 0.25) is 0 Å². The molecule has 44 heavy (non-hydrogen) atoms. The number of fused-ring (bicyclic) bond motifs is 4. The summed E-state index contributed by atoms with van der Waals surface area (Å²) < 4.78 is 0. The molecule has 6 rings (SSSR count). The molecule has 222 valence electrons. The minimum Gasteiger partial charge on any atom is -0.348 e. The fourth-order valence-corrected chi connectivity index (χ4v) is 5.87. The van der Waals surface area contributed by atoms with Gasteiger partial charge in [0, 0.05) is 18.1 Å². The van der Waals surface area contributed by atoms with Gasteiger partial charge in [-0.25, -0.2) is 19.9 Å². The van der Waals surface area contributed by atoms with Crippen LogP contribution in [0.25, 0.3) is 44.1 Å². The van der Waals surface area contributed by atoms with Crippen LogP contribution in [-0.4, -0.2) is 49.9 Å². The van der Waals surface area contributed by atoms with Crippen molar-refractivity contribution in [1.82, 2.24) is 30.6 Å². The van der Waals surface area contributed by atoms with E-state index in [1.54, 1.807) is 72.8 Å². The minimum atomic E-state index is -0.584. The lowest BCUT2D eigenvalue weighted by Gasteiger charge is -2.31. The molecule has 2 atom stereocenters. The number of para-hydroxylation sites is 4. The number of rotatable bonds is 8. The number of benzene rings is 4. The van der Waals surface area contributed by atoms with Crippen molar-refractivity contribution < 1.29 is 9.59 Å². The minimum absolute atomic E-state index is 0.329. The molecule has 2 unspecified atom stereocenters. The fourth-order valence-electron chi connectivity index (χ4n) is 5.45. The highest BCUT2D eigenvalue weighted by Gasteiger charge is 2.29. The van der Waals surface area contributed by atoms with E-state index in [1.807, 2.05) is 13.8 Å². The number of amides is 2. The zero-order valence-electron chi connectivity index (χ0n) is 24.0. The number of nitrogens with one attached hydrogen (secondary N) is 2. The van der Waals surface area contributed by atoms with E-state index in [4.69, 9.17) is 38.9 Å². The van der Waals surface area contributed by atoms with Gasteiger partial charge in [-0.2, -0.15) is 0 Å². The Bertz CT molecular complexity index is 1920. The number of carbonyl (C=O) groups excluding carboxylic acids is 2. The van der Waals surface area contributed by atoms with E-state index in [-0.39, 0.29) is 11.8 Å². The summed E-state index contributed by atoms with van der Waals surface area (Å²) in [5.74, 6) is -0.658. The van der Waals surface area contributed by atoms with Gasteiger partial charge in [-0.1, -0.05) is 61.3 Å². The summed E-state index contributed by atoms with van der Waals surface area (Å²) in [6, 6.07) is 19.8. The van der Waals surface area contributed by atoms with Gasteiger partial charge in [-0.15, -0.1) is 0 Å². The smallest absolute Gasteiger partial charge is 0.253 e. The monoisotopic (exact) mass is 625 g/mol. The second kappa shape index (κ2) is 12.3. The topological polar surface area (TPSA) is 136 Å². The number of aromatic nitrogens is 4. The Hall–Kier alpha value is -4.44. The fraction of sp³-hybridized carbons (Fsp3) is 0.212.